The van der Waals surface area contributed by atoms with Gasteiger partial charge < -0.3 is 15.4 Å². The lowest BCUT2D eigenvalue weighted by Gasteiger charge is -2.07. The summed E-state index contributed by atoms with van der Waals surface area (Å²) in [5.41, 5.74) is 0.717. The predicted octanol–water partition coefficient (Wildman–Crippen LogP) is 2.09. The maximum absolute atomic E-state index is 11.6. The van der Waals surface area contributed by atoms with Crippen LogP contribution >= 0.6 is 0 Å². The molecule has 1 heterocycles. The van der Waals surface area contributed by atoms with Crippen molar-refractivity contribution in [1.29, 1.82) is 0 Å². The van der Waals surface area contributed by atoms with E-state index >= 15 is 0 Å². The van der Waals surface area contributed by atoms with Gasteiger partial charge in [0.25, 0.3) is 5.56 Å². The number of aromatic carboxylic acids is 1. The number of carboxylic acids is 1. The molecule has 1 aliphatic carbocycles. The van der Waals surface area contributed by atoms with Crippen LogP contribution in [0.15, 0.2) is 35.1 Å². The van der Waals surface area contributed by atoms with Crippen LogP contribution < -0.4 is 10.9 Å². The summed E-state index contributed by atoms with van der Waals surface area (Å²) < 4.78 is 0. The molecule has 2 aromatic rings. The highest BCUT2D eigenvalue weighted by Gasteiger charge is 2.26. The summed E-state index contributed by atoms with van der Waals surface area (Å²) in [4.78, 5) is 29.4. The first kappa shape index (κ1) is 12.4. The zero-order valence-electron chi connectivity index (χ0n) is 10.6. The van der Waals surface area contributed by atoms with E-state index in [4.69, 9.17) is 5.11 Å². The second-order valence-corrected chi connectivity index (χ2v) is 4.80. The summed E-state index contributed by atoms with van der Waals surface area (Å²) in [6.45, 7) is 0. The van der Waals surface area contributed by atoms with Crippen molar-refractivity contribution in [3.8, 4) is 0 Å². The average Bonchev–Trinajstić information content (AvgIpc) is 3.23. The predicted molar refractivity (Wildman–Crippen MR) is 73.5 cm³/mol. The van der Waals surface area contributed by atoms with Crippen molar-refractivity contribution in [2.45, 2.75) is 18.8 Å². The van der Waals surface area contributed by atoms with Crippen LogP contribution in [0.1, 0.15) is 34.9 Å². The van der Waals surface area contributed by atoms with E-state index in [1.807, 2.05) is 0 Å². The van der Waals surface area contributed by atoms with Crippen molar-refractivity contribution >= 4 is 17.5 Å². The number of nitrogens with one attached hydrogen (secondary N) is 2. The quantitative estimate of drug-likeness (QED) is 0.791. The molecule has 0 radical (unpaired) electrons. The summed E-state index contributed by atoms with van der Waals surface area (Å²) in [6, 6.07) is 7.67. The Kier molecular flexibility index (Phi) is 2.98. The van der Waals surface area contributed by atoms with Gasteiger partial charge in [-0.2, -0.15) is 0 Å². The zero-order valence-corrected chi connectivity index (χ0v) is 10.6. The molecule has 3 N–H and O–H groups in total. The van der Waals surface area contributed by atoms with Crippen molar-refractivity contribution in [1.82, 2.24) is 9.97 Å². The van der Waals surface area contributed by atoms with Gasteiger partial charge in [-0.15, -0.1) is 0 Å². The van der Waals surface area contributed by atoms with Gasteiger partial charge >= 0.3 is 5.97 Å². The Labute approximate surface area is 114 Å². The fraction of sp³-hybridized carbons (Fsp3) is 0.214. The Morgan fingerprint density at radius 2 is 2.00 bits per heavy atom. The molecule has 3 rings (SSSR count). The molecular formula is C14H13N3O3. The molecule has 20 heavy (non-hydrogen) atoms. The number of hydrogen-bond donors (Lipinski definition) is 3. The lowest BCUT2D eigenvalue weighted by atomic mass is 10.2. The van der Waals surface area contributed by atoms with Crippen molar-refractivity contribution in [3.05, 3.63) is 52.1 Å². The molecule has 6 nitrogen and oxygen atoms in total. The van der Waals surface area contributed by atoms with Crippen molar-refractivity contribution in [3.63, 3.8) is 0 Å². The molecular weight excluding hydrogens is 258 g/mol. The van der Waals surface area contributed by atoms with E-state index in [0.29, 0.717) is 23.2 Å². The number of benzene rings is 1. The number of aromatic amines is 1. The van der Waals surface area contributed by atoms with Crippen molar-refractivity contribution in [2.24, 2.45) is 0 Å². The standard InChI is InChI=1S/C14H13N3O3/c18-12-7-11(16-13(17-12)8-1-2-8)15-10-5-3-9(4-6-10)14(19)20/h3-8H,1-2H2,(H,19,20)(H2,15,16,17,18). The van der Waals surface area contributed by atoms with E-state index in [1.165, 1.54) is 18.2 Å². The van der Waals surface area contributed by atoms with Gasteiger partial charge in [0.1, 0.15) is 11.6 Å². The second kappa shape index (κ2) is 4.80. The van der Waals surface area contributed by atoms with Crippen molar-refractivity contribution < 1.29 is 9.90 Å². The Hall–Kier alpha value is -2.63. The summed E-state index contributed by atoms with van der Waals surface area (Å²) in [7, 11) is 0. The van der Waals surface area contributed by atoms with E-state index in [0.717, 1.165) is 12.8 Å². The van der Waals surface area contributed by atoms with E-state index in [1.54, 1.807) is 12.1 Å². The van der Waals surface area contributed by atoms with Crippen LogP contribution in [0.5, 0.6) is 0 Å². The maximum atomic E-state index is 11.6. The van der Waals surface area contributed by atoms with Crippen LogP contribution in [0.3, 0.4) is 0 Å². The molecule has 0 bridgehead atoms. The lowest BCUT2D eigenvalue weighted by Crippen LogP contribution is -2.11. The van der Waals surface area contributed by atoms with E-state index in [-0.39, 0.29) is 11.1 Å². The van der Waals surface area contributed by atoms with Gasteiger partial charge in [0.15, 0.2) is 0 Å². The van der Waals surface area contributed by atoms with Gasteiger partial charge in [0.2, 0.25) is 0 Å². The second-order valence-electron chi connectivity index (χ2n) is 4.80. The van der Waals surface area contributed by atoms with Gasteiger partial charge in [-0.1, -0.05) is 0 Å². The summed E-state index contributed by atoms with van der Waals surface area (Å²) in [5.74, 6) is 0.571. The highest BCUT2D eigenvalue weighted by molar-refractivity contribution is 5.88. The van der Waals surface area contributed by atoms with Gasteiger partial charge in [-0.05, 0) is 37.1 Å². The monoisotopic (exact) mass is 271 g/mol. The molecule has 1 aromatic heterocycles. The summed E-state index contributed by atoms with van der Waals surface area (Å²) in [5, 5.41) is 11.8. The van der Waals surface area contributed by atoms with Gasteiger partial charge in [-0.3, -0.25) is 4.79 Å². The third-order valence-corrected chi connectivity index (χ3v) is 3.13. The molecule has 1 aromatic carbocycles. The zero-order chi connectivity index (χ0) is 14.1. The molecule has 0 aliphatic heterocycles. The first-order valence-corrected chi connectivity index (χ1v) is 6.33. The van der Waals surface area contributed by atoms with Crippen LogP contribution in [0, 0.1) is 0 Å². The first-order valence-electron chi connectivity index (χ1n) is 6.33. The number of anilines is 2. The minimum Gasteiger partial charge on any atom is -0.478 e. The molecule has 0 spiro atoms. The van der Waals surface area contributed by atoms with E-state index in [2.05, 4.69) is 15.3 Å². The molecule has 0 amide bonds. The summed E-state index contributed by atoms with van der Waals surface area (Å²) in [6.07, 6.45) is 2.11. The fourth-order valence-corrected chi connectivity index (χ4v) is 1.93. The maximum Gasteiger partial charge on any atom is 0.335 e. The van der Waals surface area contributed by atoms with Crippen LogP contribution in [-0.4, -0.2) is 21.0 Å². The van der Waals surface area contributed by atoms with Crippen LogP contribution in [-0.2, 0) is 0 Å². The fourth-order valence-electron chi connectivity index (χ4n) is 1.93. The number of aromatic nitrogens is 2. The van der Waals surface area contributed by atoms with Gasteiger partial charge in [0, 0.05) is 17.7 Å². The average molecular weight is 271 g/mol. The molecule has 1 aliphatic rings. The Morgan fingerprint density at radius 1 is 1.30 bits per heavy atom. The largest absolute Gasteiger partial charge is 0.478 e. The number of rotatable bonds is 4. The van der Waals surface area contributed by atoms with E-state index < -0.39 is 5.97 Å². The number of hydrogen-bond acceptors (Lipinski definition) is 4. The Bertz CT molecular complexity index is 702. The molecule has 102 valence electrons. The highest BCUT2D eigenvalue weighted by Crippen LogP contribution is 2.37. The third kappa shape index (κ3) is 2.69. The summed E-state index contributed by atoms with van der Waals surface area (Å²) >= 11 is 0. The molecule has 1 fully saturated rings. The topological polar surface area (TPSA) is 95.1 Å². The smallest absolute Gasteiger partial charge is 0.335 e. The van der Waals surface area contributed by atoms with Crippen LogP contribution in [0.2, 0.25) is 0 Å². The van der Waals surface area contributed by atoms with E-state index in [9.17, 15) is 9.59 Å². The Balaban J connectivity index is 1.83. The Morgan fingerprint density at radius 3 is 2.60 bits per heavy atom. The SMILES string of the molecule is O=C(O)c1ccc(Nc2cc(=O)[nH]c(C3CC3)n2)cc1. The normalized spacial score (nSPS) is 14.0. The minimum atomic E-state index is -0.971. The number of nitrogens with zero attached hydrogens (tertiary/aromatic N) is 1. The minimum absolute atomic E-state index is 0.188. The van der Waals surface area contributed by atoms with Crippen LogP contribution in [0.25, 0.3) is 0 Å². The molecule has 6 heteroatoms. The van der Waals surface area contributed by atoms with Gasteiger partial charge in [-0.25, -0.2) is 9.78 Å². The number of carboxylic acid groups (broad SMARTS) is 1. The lowest BCUT2D eigenvalue weighted by molar-refractivity contribution is 0.0697. The first-order chi connectivity index (χ1) is 9.61. The van der Waals surface area contributed by atoms with Crippen LogP contribution in [0.4, 0.5) is 11.5 Å². The molecule has 1 saturated carbocycles. The van der Waals surface area contributed by atoms with Crippen molar-refractivity contribution in [2.75, 3.05) is 5.32 Å². The number of H-pyrrole nitrogens is 1. The highest BCUT2D eigenvalue weighted by atomic mass is 16.4. The molecule has 0 saturated heterocycles. The number of carbonyl (C=O) groups is 1. The third-order valence-electron chi connectivity index (χ3n) is 3.13. The van der Waals surface area contributed by atoms with Gasteiger partial charge in [0.05, 0.1) is 5.56 Å². The molecule has 0 unspecified atom stereocenters. The molecule has 0 atom stereocenters.